The van der Waals surface area contributed by atoms with Gasteiger partial charge in [-0.05, 0) is 23.3 Å². The Hall–Kier alpha value is -2.56. The fraction of sp³-hybridized carbons (Fsp3) is 0.350. The Morgan fingerprint density at radius 3 is 2.53 bits per heavy atom. The molecule has 2 N–H and O–H groups in total. The Morgan fingerprint density at radius 2 is 1.90 bits per heavy atom. The molecule has 1 atom stereocenters. The minimum atomic E-state index is -2.83. The van der Waals surface area contributed by atoms with Gasteiger partial charge in [0, 0.05) is 30.4 Å². The number of aryl methyl sites for hydroxylation is 1. The van der Waals surface area contributed by atoms with Crippen LogP contribution < -0.4 is 5.32 Å². The topological polar surface area (TPSA) is 107 Å². The third kappa shape index (κ3) is 3.34. The monoisotopic (exact) mass is 432 g/mol. The Kier molecular flexibility index (Phi) is 4.53. The zero-order chi connectivity index (χ0) is 20.9. The van der Waals surface area contributed by atoms with Crippen LogP contribution >= 0.6 is 0 Å². The van der Waals surface area contributed by atoms with Crippen LogP contribution in [-0.2, 0) is 17.6 Å². The van der Waals surface area contributed by atoms with E-state index in [9.17, 15) is 18.4 Å². The van der Waals surface area contributed by atoms with Crippen LogP contribution in [0.4, 0.5) is 14.6 Å². The number of aliphatic hydroxyl groups excluding tert-OH is 1. The van der Waals surface area contributed by atoms with Crippen molar-refractivity contribution < 1.29 is 22.9 Å². The van der Waals surface area contributed by atoms with Gasteiger partial charge < -0.3 is 19.4 Å². The van der Waals surface area contributed by atoms with E-state index in [4.69, 9.17) is 4.42 Å². The number of hydrogen-bond donors (Lipinski definition) is 2. The number of hydrogen-bond acceptors (Lipinski definition) is 7. The molecule has 0 saturated heterocycles. The number of oxazole rings is 1. The summed E-state index contributed by atoms with van der Waals surface area (Å²) >= 11 is -1.31. The van der Waals surface area contributed by atoms with Crippen molar-refractivity contribution in [3.63, 3.8) is 0 Å². The molecule has 1 saturated carbocycles. The summed E-state index contributed by atoms with van der Waals surface area (Å²) in [5, 5.41) is 12.7. The van der Waals surface area contributed by atoms with Crippen molar-refractivity contribution >= 4 is 17.0 Å². The minimum Gasteiger partial charge on any atom is -0.611 e. The van der Waals surface area contributed by atoms with Gasteiger partial charge in [0.05, 0.1) is 18.3 Å². The van der Waals surface area contributed by atoms with Crippen molar-refractivity contribution in [1.82, 2.24) is 15.0 Å². The van der Waals surface area contributed by atoms with Gasteiger partial charge in [-0.3, -0.25) is 0 Å². The minimum absolute atomic E-state index is 0.257. The van der Waals surface area contributed by atoms with Crippen LogP contribution in [0.15, 0.2) is 46.0 Å². The fourth-order valence-electron chi connectivity index (χ4n) is 3.97. The van der Waals surface area contributed by atoms with Crippen LogP contribution in [0.2, 0.25) is 0 Å². The van der Waals surface area contributed by atoms with Gasteiger partial charge in [-0.25, -0.2) is 23.7 Å². The molecule has 7 nitrogen and oxygen atoms in total. The van der Waals surface area contributed by atoms with Crippen molar-refractivity contribution in [3.8, 4) is 22.8 Å². The number of fused-ring (bicyclic) bond motifs is 1. The maximum atomic E-state index is 13.5. The van der Waals surface area contributed by atoms with Crippen LogP contribution in [0.3, 0.4) is 0 Å². The van der Waals surface area contributed by atoms with Gasteiger partial charge in [0.25, 0.3) is 5.92 Å². The van der Waals surface area contributed by atoms with Crippen LogP contribution in [0.25, 0.3) is 22.8 Å². The van der Waals surface area contributed by atoms with E-state index in [0.717, 1.165) is 5.56 Å². The molecule has 0 radical (unpaired) electrons. The van der Waals surface area contributed by atoms with Gasteiger partial charge in [0.2, 0.25) is 10.8 Å². The first kappa shape index (κ1) is 19.4. The summed E-state index contributed by atoms with van der Waals surface area (Å²) in [6.45, 7) is -0.464. The van der Waals surface area contributed by atoms with Crippen LogP contribution in [-0.4, -0.2) is 48.4 Å². The Bertz CT molecular complexity index is 1070. The van der Waals surface area contributed by atoms with Crippen molar-refractivity contribution in [1.29, 1.82) is 0 Å². The third-order valence-electron chi connectivity index (χ3n) is 5.39. The number of alkyl halides is 2. The highest BCUT2D eigenvalue weighted by atomic mass is 32.2. The number of halogens is 2. The molecule has 0 unspecified atom stereocenters. The van der Waals surface area contributed by atoms with E-state index in [1.54, 1.807) is 6.20 Å². The summed E-state index contributed by atoms with van der Waals surface area (Å²) in [7, 11) is 0. The van der Waals surface area contributed by atoms with Crippen molar-refractivity contribution in [2.75, 3.05) is 17.7 Å². The number of rotatable bonds is 5. The molecule has 5 rings (SSSR count). The van der Waals surface area contributed by atoms with Crippen molar-refractivity contribution in [2.24, 2.45) is 0 Å². The van der Waals surface area contributed by atoms with Crippen LogP contribution in [0.1, 0.15) is 18.5 Å². The predicted octanol–water partition coefficient (Wildman–Crippen LogP) is 3.03. The quantitative estimate of drug-likeness (QED) is 0.597. The first-order valence-corrected chi connectivity index (χ1v) is 10.8. The summed E-state index contributed by atoms with van der Waals surface area (Å²) in [5.74, 6) is -1.28. The lowest BCUT2D eigenvalue weighted by Gasteiger charge is -2.46. The van der Waals surface area contributed by atoms with Crippen molar-refractivity contribution in [2.45, 2.75) is 35.6 Å². The van der Waals surface area contributed by atoms with Gasteiger partial charge in [-0.2, -0.15) is 0 Å². The first-order chi connectivity index (χ1) is 14.4. The molecule has 0 bridgehead atoms. The first-order valence-electron chi connectivity index (χ1n) is 9.45. The van der Waals surface area contributed by atoms with E-state index >= 15 is 0 Å². The zero-order valence-electron chi connectivity index (χ0n) is 15.8. The fourth-order valence-corrected chi connectivity index (χ4v) is 5.27. The Balaban J connectivity index is 1.51. The molecule has 3 heterocycles. The molecule has 3 aromatic rings. The summed E-state index contributed by atoms with van der Waals surface area (Å²) in [4.78, 5) is 13.6. The van der Waals surface area contributed by atoms with E-state index in [1.807, 2.05) is 24.3 Å². The number of nitrogens with one attached hydrogen (secondary N) is 1. The zero-order valence-corrected chi connectivity index (χ0v) is 16.6. The summed E-state index contributed by atoms with van der Waals surface area (Å²) in [5.41, 5.74) is 0.965. The molecule has 0 amide bonds. The Morgan fingerprint density at radius 1 is 1.17 bits per heavy atom. The lowest BCUT2D eigenvalue weighted by molar-refractivity contribution is -0.126. The SMILES string of the molecule is [O-][S@+]1CCc2nc(-c3ccc(-c4ncco4)cc3)nc(NC3(CO)CC(F)(F)C3)c21. The molecular weight excluding hydrogens is 414 g/mol. The Labute approximate surface area is 173 Å². The molecule has 10 heteroatoms. The number of anilines is 1. The average molecular weight is 432 g/mol. The van der Waals surface area contributed by atoms with Crippen molar-refractivity contribution in [3.05, 3.63) is 42.4 Å². The lowest BCUT2D eigenvalue weighted by Crippen LogP contribution is -2.59. The summed E-state index contributed by atoms with van der Waals surface area (Å²) in [6, 6.07) is 7.28. The third-order valence-corrected chi connectivity index (χ3v) is 6.85. The second kappa shape index (κ2) is 7.00. The van der Waals surface area contributed by atoms with Gasteiger partial charge in [-0.15, -0.1) is 0 Å². The average Bonchev–Trinajstić information content (AvgIpc) is 3.37. The lowest BCUT2D eigenvalue weighted by atomic mass is 9.74. The van der Waals surface area contributed by atoms with E-state index in [2.05, 4.69) is 20.3 Å². The molecule has 1 aliphatic heterocycles. The maximum Gasteiger partial charge on any atom is 0.252 e. The van der Waals surface area contributed by atoms with Gasteiger partial charge in [0.1, 0.15) is 17.7 Å². The van der Waals surface area contributed by atoms with Crippen LogP contribution in [0, 0.1) is 0 Å². The summed E-state index contributed by atoms with van der Waals surface area (Å²) < 4.78 is 44.8. The van der Waals surface area contributed by atoms with Gasteiger partial charge in [-0.1, -0.05) is 12.1 Å². The highest BCUT2D eigenvalue weighted by Gasteiger charge is 2.57. The molecule has 2 aliphatic rings. The maximum absolute atomic E-state index is 13.5. The van der Waals surface area contributed by atoms with E-state index < -0.39 is 42.1 Å². The predicted molar refractivity (Wildman–Crippen MR) is 106 cm³/mol. The molecule has 30 heavy (non-hydrogen) atoms. The second-order valence-electron chi connectivity index (χ2n) is 7.66. The molecule has 1 aromatic carbocycles. The van der Waals surface area contributed by atoms with Gasteiger partial charge >= 0.3 is 0 Å². The largest absolute Gasteiger partial charge is 0.611 e. The summed E-state index contributed by atoms with van der Waals surface area (Å²) in [6.07, 6.45) is 2.57. The highest BCUT2D eigenvalue weighted by molar-refractivity contribution is 7.91. The molecular formula is C20H18F2N4O3S. The van der Waals surface area contributed by atoms with E-state index in [-0.39, 0.29) is 5.82 Å². The molecule has 0 spiro atoms. The number of nitrogens with zero attached hydrogens (tertiary/aromatic N) is 3. The number of benzene rings is 1. The molecule has 2 aromatic heterocycles. The van der Waals surface area contributed by atoms with E-state index in [1.165, 1.54) is 6.26 Å². The molecule has 1 aliphatic carbocycles. The standard InChI is InChI=1S/C20H18F2N4O3S/c21-20(22)9-19(10-20,11-27)26-17-15-14(5-8-30(15)28)24-16(25-17)12-1-3-13(4-2-12)18-23-6-7-29-18/h1-4,6-7,27H,5,8-11H2,(H,24,25,26)/t30-/m1/s1. The normalized spacial score (nSPS) is 21.1. The molecule has 156 valence electrons. The highest BCUT2D eigenvalue weighted by Crippen LogP contribution is 2.48. The molecule has 1 fully saturated rings. The number of aromatic nitrogens is 3. The smallest absolute Gasteiger partial charge is 0.252 e. The van der Waals surface area contributed by atoms with Gasteiger partial charge in [0.15, 0.2) is 11.6 Å². The second-order valence-corrected chi connectivity index (χ2v) is 9.17. The van der Waals surface area contributed by atoms with E-state index in [0.29, 0.717) is 40.0 Å². The number of aliphatic hydroxyl groups is 1. The van der Waals surface area contributed by atoms with Crippen LogP contribution in [0.5, 0.6) is 0 Å².